The monoisotopic (exact) mass is 334 g/mol. The van der Waals surface area contributed by atoms with Crippen molar-refractivity contribution in [3.05, 3.63) is 65.7 Å². The molecule has 1 amide bonds. The third-order valence-corrected chi connectivity index (χ3v) is 3.47. The van der Waals surface area contributed by atoms with Crippen LogP contribution in [0.25, 0.3) is 0 Å². The van der Waals surface area contributed by atoms with Crippen molar-refractivity contribution in [2.24, 2.45) is 10.8 Å². The molecule has 0 aliphatic carbocycles. The number of nitrogens with zero attached hydrogens (tertiary/aromatic N) is 2. The van der Waals surface area contributed by atoms with Crippen molar-refractivity contribution in [3.8, 4) is 6.07 Å². The first-order chi connectivity index (χ1) is 12.0. The Morgan fingerprint density at radius 2 is 1.84 bits per heavy atom. The van der Waals surface area contributed by atoms with Crippen molar-refractivity contribution in [1.82, 2.24) is 5.32 Å². The molecule has 0 spiro atoms. The van der Waals surface area contributed by atoms with Gasteiger partial charge in [0, 0.05) is 0 Å². The van der Waals surface area contributed by atoms with Crippen LogP contribution < -0.4 is 16.5 Å². The number of benzene rings is 2. The molecule has 2 aromatic rings. The number of nitriles is 1. The molecule has 0 fully saturated rings. The van der Waals surface area contributed by atoms with E-state index >= 15 is 0 Å². The molecule has 0 saturated carbocycles. The van der Waals surface area contributed by atoms with E-state index in [2.05, 4.69) is 15.8 Å². The number of rotatable bonds is 6. The van der Waals surface area contributed by atoms with Crippen LogP contribution in [0.2, 0.25) is 0 Å². The van der Waals surface area contributed by atoms with Crippen LogP contribution in [0.3, 0.4) is 0 Å². The van der Waals surface area contributed by atoms with Crippen LogP contribution in [-0.4, -0.2) is 17.5 Å². The van der Waals surface area contributed by atoms with E-state index in [1.807, 2.05) is 37.3 Å². The standard InChI is InChI=1S/C18H18N6O/c1-12(13-7-3-2-4-8-13)22-18(25)14-9-5-6-10-15(14)23-24-16(11-19)17(20)21/h2-10,12,23H,1H3,(H3,20,21)(H,22,25)/b24-16+. The number of anilines is 1. The number of amidine groups is 1. The maximum Gasteiger partial charge on any atom is 0.253 e. The van der Waals surface area contributed by atoms with Gasteiger partial charge in [0.05, 0.1) is 17.3 Å². The summed E-state index contributed by atoms with van der Waals surface area (Å²) < 4.78 is 0. The normalized spacial score (nSPS) is 11.9. The lowest BCUT2D eigenvalue weighted by molar-refractivity contribution is 0.0940. The summed E-state index contributed by atoms with van der Waals surface area (Å²) in [5.74, 6) is -0.731. The number of amides is 1. The lowest BCUT2D eigenvalue weighted by atomic mass is 10.1. The molecule has 1 atom stereocenters. The molecule has 0 heterocycles. The van der Waals surface area contributed by atoms with E-state index in [1.165, 1.54) is 0 Å². The summed E-state index contributed by atoms with van der Waals surface area (Å²) in [7, 11) is 0. The van der Waals surface area contributed by atoms with Crippen molar-refractivity contribution >= 4 is 23.1 Å². The zero-order chi connectivity index (χ0) is 18.2. The van der Waals surface area contributed by atoms with Crippen molar-refractivity contribution in [1.29, 1.82) is 10.7 Å². The predicted molar refractivity (Wildman–Crippen MR) is 97.3 cm³/mol. The van der Waals surface area contributed by atoms with Crippen LogP contribution in [0.15, 0.2) is 59.7 Å². The number of nitrogens with two attached hydrogens (primary N) is 1. The molecule has 0 radical (unpaired) electrons. The maximum absolute atomic E-state index is 12.6. The van der Waals surface area contributed by atoms with Gasteiger partial charge in [0.15, 0.2) is 5.84 Å². The minimum Gasteiger partial charge on any atom is -0.382 e. The van der Waals surface area contributed by atoms with Crippen LogP contribution in [0.5, 0.6) is 0 Å². The highest BCUT2D eigenvalue weighted by Crippen LogP contribution is 2.18. The fourth-order valence-corrected chi connectivity index (χ4v) is 2.14. The first kappa shape index (κ1) is 17.7. The lowest BCUT2D eigenvalue weighted by Gasteiger charge is -2.16. The molecular weight excluding hydrogens is 316 g/mol. The Morgan fingerprint density at radius 1 is 1.20 bits per heavy atom. The molecule has 1 unspecified atom stereocenters. The largest absolute Gasteiger partial charge is 0.382 e. The van der Waals surface area contributed by atoms with E-state index in [9.17, 15) is 4.79 Å². The summed E-state index contributed by atoms with van der Waals surface area (Å²) in [5.41, 5.74) is 9.39. The Labute approximate surface area is 145 Å². The van der Waals surface area contributed by atoms with Crippen molar-refractivity contribution in [2.45, 2.75) is 13.0 Å². The fourth-order valence-electron chi connectivity index (χ4n) is 2.14. The summed E-state index contributed by atoms with van der Waals surface area (Å²) in [6, 6.07) is 17.9. The van der Waals surface area contributed by atoms with Gasteiger partial charge in [-0.3, -0.25) is 15.6 Å². The number of hydrogen-bond donors (Lipinski definition) is 4. The zero-order valence-corrected chi connectivity index (χ0v) is 13.7. The molecule has 7 nitrogen and oxygen atoms in total. The van der Waals surface area contributed by atoms with Crippen molar-refractivity contribution in [3.63, 3.8) is 0 Å². The molecule has 7 heteroatoms. The van der Waals surface area contributed by atoms with Crippen molar-refractivity contribution in [2.75, 3.05) is 5.43 Å². The topological polar surface area (TPSA) is 127 Å². The Hall–Kier alpha value is -3.66. The Balaban J connectivity index is 2.18. The third kappa shape index (κ3) is 4.65. The van der Waals surface area contributed by atoms with E-state index in [4.69, 9.17) is 16.4 Å². The maximum atomic E-state index is 12.6. The molecule has 25 heavy (non-hydrogen) atoms. The first-order valence-corrected chi connectivity index (χ1v) is 7.56. The van der Waals surface area contributed by atoms with Gasteiger partial charge in [0.2, 0.25) is 5.71 Å². The van der Waals surface area contributed by atoms with E-state index in [0.717, 1.165) is 5.56 Å². The van der Waals surface area contributed by atoms with Crippen LogP contribution in [0.1, 0.15) is 28.9 Å². The summed E-state index contributed by atoms with van der Waals surface area (Å²) in [6.45, 7) is 1.89. The quantitative estimate of drug-likeness (QED) is 0.367. The van der Waals surface area contributed by atoms with Gasteiger partial charge < -0.3 is 11.1 Å². The van der Waals surface area contributed by atoms with E-state index in [-0.39, 0.29) is 17.7 Å². The van der Waals surface area contributed by atoms with Gasteiger partial charge in [0.1, 0.15) is 6.07 Å². The Kier molecular flexibility index (Phi) is 5.85. The molecule has 126 valence electrons. The highest BCUT2D eigenvalue weighted by atomic mass is 16.1. The number of carbonyl (C=O) groups excluding carboxylic acids is 1. The van der Waals surface area contributed by atoms with Crippen LogP contribution in [0, 0.1) is 16.7 Å². The Bertz CT molecular complexity index is 838. The molecule has 0 bridgehead atoms. The van der Waals surface area contributed by atoms with Gasteiger partial charge in [0.25, 0.3) is 5.91 Å². The summed E-state index contributed by atoms with van der Waals surface area (Å²) in [5, 5.41) is 22.8. The zero-order valence-electron chi connectivity index (χ0n) is 13.7. The smallest absolute Gasteiger partial charge is 0.253 e. The number of carbonyl (C=O) groups is 1. The van der Waals surface area contributed by atoms with Gasteiger partial charge in [-0.25, -0.2) is 0 Å². The van der Waals surface area contributed by atoms with Crippen LogP contribution >= 0.6 is 0 Å². The van der Waals surface area contributed by atoms with E-state index in [0.29, 0.717) is 11.3 Å². The van der Waals surface area contributed by atoms with Gasteiger partial charge in [-0.15, -0.1) is 0 Å². The molecule has 2 aromatic carbocycles. The molecule has 0 aliphatic rings. The number of nitrogens with one attached hydrogen (secondary N) is 3. The average Bonchev–Trinajstić information content (AvgIpc) is 2.63. The third-order valence-electron chi connectivity index (χ3n) is 3.47. The highest BCUT2D eigenvalue weighted by molar-refractivity contribution is 6.45. The first-order valence-electron chi connectivity index (χ1n) is 7.56. The van der Waals surface area contributed by atoms with E-state index in [1.54, 1.807) is 30.3 Å². The molecule has 0 aliphatic heterocycles. The molecule has 0 aromatic heterocycles. The minimum absolute atomic E-state index is 0.169. The molecule has 0 saturated heterocycles. The number of hydrazone groups is 1. The van der Waals surface area contributed by atoms with Gasteiger partial charge >= 0.3 is 0 Å². The summed E-state index contributed by atoms with van der Waals surface area (Å²) in [6.07, 6.45) is 0. The number of para-hydroxylation sites is 1. The fraction of sp³-hybridized carbons (Fsp3) is 0.111. The SMILES string of the molecule is CC(NC(=O)c1ccccc1N/N=C(\C#N)C(=N)N)c1ccccc1. The number of hydrogen-bond acceptors (Lipinski definition) is 5. The van der Waals surface area contributed by atoms with Crippen molar-refractivity contribution < 1.29 is 4.79 Å². The second-order valence-corrected chi connectivity index (χ2v) is 5.25. The second kappa shape index (κ2) is 8.26. The summed E-state index contributed by atoms with van der Waals surface area (Å²) in [4.78, 5) is 12.6. The highest BCUT2D eigenvalue weighted by Gasteiger charge is 2.14. The average molecular weight is 334 g/mol. The van der Waals surface area contributed by atoms with Gasteiger partial charge in [-0.2, -0.15) is 10.4 Å². The molecule has 2 rings (SSSR count). The predicted octanol–water partition coefficient (Wildman–Crippen LogP) is 2.41. The second-order valence-electron chi connectivity index (χ2n) is 5.25. The van der Waals surface area contributed by atoms with Gasteiger partial charge in [-0.1, -0.05) is 42.5 Å². The molecule has 5 N–H and O–H groups in total. The molecular formula is C18H18N6O. The van der Waals surface area contributed by atoms with Crippen LogP contribution in [0.4, 0.5) is 5.69 Å². The van der Waals surface area contributed by atoms with E-state index < -0.39 is 5.84 Å². The van der Waals surface area contributed by atoms with Crippen LogP contribution in [-0.2, 0) is 0 Å². The van der Waals surface area contributed by atoms with Gasteiger partial charge in [-0.05, 0) is 24.6 Å². The minimum atomic E-state index is -0.449. The summed E-state index contributed by atoms with van der Waals surface area (Å²) >= 11 is 0. The lowest BCUT2D eigenvalue weighted by Crippen LogP contribution is -2.27. The Morgan fingerprint density at radius 3 is 2.48 bits per heavy atom.